The average Bonchev–Trinajstić information content (AvgIpc) is 2.29. The molecule has 0 saturated heterocycles. The van der Waals surface area contributed by atoms with E-state index in [1.54, 1.807) is 13.1 Å². The number of rotatable bonds is 5. The first-order valence-corrected chi connectivity index (χ1v) is 6.23. The molecule has 1 aromatic carbocycles. The van der Waals surface area contributed by atoms with Gasteiger partial charge in [-0.25, -0.2) is 4.79 Å². The quantitative estimate of drug-likeness (QED) is 0.457. The Morgan fingerprint density at radius 2 is 2.00 bits per heavy atom. The van der Waals surface area contributed by atoms with E-state index in [2.05, 4.69) is 0 Å². The van der Waals surface area contributed by atoms with Gasteiger partial charge in [-0.2, -0.15) is 0 Å². The summed E-state index contributed by atoms with van der Waals surface area (Å²) in [5.74, 6) is -0.282. The van der Waals surface area contributed by atoms with Crippen molar-refractivity contribution >= 4 is 17.7 Å². The Morgan fingerprint density at radius 1 is 1.35 bits per heavy atom. The molecule has 0 N–H and O–H groups in total. The monoisotopic (exact) mass is 251 g/mol. The molecule has 0 aliphatic heterocycles. The number of esters is 1. The molecule has 0 aliphatic rings. The second-order valence-corrected chi connectivity index (χ2v) is 4.71. The molecule has 1 rings (SSSR count). The molecule has 17 heavy (non-hydrogen) atoms. The molecule has 0 aliphatic carbocycles. The van der Waals surface area contributed by atoms with E-state index in [1.165, 1.54) is 11.8 Å². The maximum atomic E-state index is 11.7. The molecule has 0 atom stereocenters. The maximum Gasteiger partial charge on any atom is 0.346 e. The summed E-state index contributed by atoms with van der Waals surface area (Å²) in [4.78, 5) is 15.2. The van der Waals surface area contributed by atoms with E-state index >= 15 is 0 Å². The van der Waals surface area contributed by atoms with Crippen LogP contribution in [0.25, 0.3) is 0 Å². The van der Waals surface area contributed by atoms with Crippen molar-refractivity contribution in [3.63, 3.8) is 0 Å². The second-order valence-electron chi connectivity index (χ2n) is 3.59. The zero-order valence-corrected chi connectivity index (χ0v) is 11.2. The zero-order valence-electron chi connectivity index (χ0n) is 10.3. The van der Waals surface area contributed by atoms with E-state index in [4.69, 9.17) is 4.74 Å². The average molecular weight is 251 g/mol. The fraction of sp³-hybridized carbons (Fsp3) is 0.308. The van der Waals surface area contributed by atoms with Crippen molar-refractivity contribution in [3.8, 4) is 0 Å². The third-order valence-corrected chi connectivity index (χ3v) is 2.82. The maximum absolute atomic E-state index is 11.7. The molecule has 4 heteroatoms. The van der Waals surface area contributed by atoms with E-state index in [-0.39, 0.29) is 5.97 Å². The molecule has 0 amide bonds. The summed E-state index contributed by atoms with van der Waals surface area (Å²) in [5, 5.41) is 0. The Hall–Kier alpha value is -1.42. The summed E-state index contributed by atoms with van der Waals surface area (Å²) in [6.07, 6.45) is 1.77. The number of nitrogens with zero attached hydrogens (tertiary/aromatic N) is 1. The Kier molecular flexibility index (Phi) is 5.63. The van der Waals surface area contributed by atoms with Gasteiger partial charge in [0, 0.05) is 25.2 Å². The van der Waals surface area contributed by atoms with Gasteiger partial charge in [-0.05, 0) is 19.1 Å². The van der Waals surface area contributed by atoms with Crippen molar-refractivity contribution in [2.75, 3.05) is 20.7 Å². The zero-order chi connectivity index (χ0) is 12.7. The number of hydrogen-bond acceptors (Lipinski definition) is 4. The summed E-state index contributed by atoms with van der Waals surface area (Å²) in [6.45, 7) is 2.19. The van der Waals surface area contributed by atoms with Gasteiger partial charge in [0.1, 0.15) is 4.91 Å². The molecule has 0 saturated carbocycles. The Balaban J connectivity index is 2.81. The van der Waals surface area contributed by atoms with Crippen molar-refractivity contribution in [3.05, 3.63) is 41.4 Å². The van der Waals surface area contributed by atoms with Crippen LogP contribution in [0.3, 0.4) is 0 Å². The van der Waals surface area contributed by atoms with Crippen LogP contribution in [0.2, 0.25) is 0 Å². The van der Waals surface area contributed by atoms with E-state index in [9.17, 15) is 4.79 Å². The number of thioether (sulfide) groups is 1. The van der Waals surface area contributed by atoms with E-state index in [1.807, 2.05) is 49.3 Å². The molecule has 0 radical (unpaired) electrons. The highest BCUT2D eigenvalue weighted by atomic mass is 32.2. The van der Waals surface area contributed by atoms with Crippen molar-refractivity contribution in [2.24, 2.45) is 0 Å². The molecule has 0 unspecified atom stereocenters. The third-order valence-electron chi connectivity index (χ3n) is 1.82. The van der Waals surface area contributed by atoms with E-state index in [0.29, 0.717) is 11.5 Å². The lowest BCUT2D eigenvalue weighted by Crippen LogP contribution is -2.10. The Labute approximate surface area is 106 Å². The lowest BCUT2D eigenvalue weighted by molar-refractivity contribution is -0.137. The van der Waals surface area contributed by atoms with Gasteiger partial charge in [0.25, 0.3) is 0 Å². The van der Waals surface area contributed by atoms with E-state index < -0.39 is 0 Å². The third kappa shape index (κ3) is 4.95. The molecule has 0 spiro atoms. The number of hydrogen-bond donors (Lipinski definition) is 0. The minimum Gasteiger partial charge on any atom is -0.462 e. The van der Waals surface area contributed by atoms with Crippen LogP contribution in [0.5, 0.6) is 0 Å². The summed E-state index contributed by atoms with van der Waals surface area (Å²) < 4.78 is 5.02. The van der Waals surface area contributed by atoms with Crippen LogP contribution in [-0.4, -0.2) is 31.6 Å². The van der Waals surface area contributed by atoms with Crippen molar-refractivity contribution in [1.29, 1.82) is 0 Å². The van der Waals surface area contributed by atoms with Gasteiger partial charge in [0.05, 0.1) is 6.61 Å². The Bertz CT molecular complexity index is 388. The number of carbonyl (C=O) groups is 1. The first-order valence-electron chi connectivity index (χ1n) is 5.41. The number of benzene rings is 1. The first kappa shape index (κ1) is 13.6. The largest absolute Gasteiger partial charge is 0.462 e. The van der Waals surface area contributed by atoms with Crippen LogP contribution < -0.4 is 0 Å². The summed E-state index contributed by atoms with van der Waals surface area (Å²) >= 11 is 1.41. The lowest BCUT2D eigenvalue weighted by atomic mass is 10.4. The molecular weight excluding hydrogens is 234 g/mol. The van der Waals surface area contributed by atoms with Crippen LogP contribution >= 0.6 is 11.8 Å². The minimum absolute atomic E-state index is 0.282. The summed E-state index contributed by atoms with van der Waals surface area (Å²) in [6, 6.07) is 9.77. The van der Waals surface area contributed by atoms with Gasteiger partial charge in [-0.15, -0.1) is 0 Å². The van der Waals surface area contributed by atoms with Crippen molar-refractivity contribution in [2.45, 2.75) is 11.8 Å². The van der Waals surface area contributed by atoms with Gasteiger partial charge in [-0.1, -0.05) is 30.0 Å². The highest BCUT2D eigenvalue weighted by Crippen LogP contribution is 2.27. The van der Waals surface area contributed by atoms with Gasteiger partial charge < -0.3 is 9.64 Å². The molecular formula is C13H17NO2S. The lowest BCUT2D eigenvalue weighted by Gasteiger charge is -2.10. The number of carbonyl (C=O) groups excluding carboxylic acids is 1. The van der Waals surface area contributed by atoms with Gasteiger partial charge >= 0.3 is 5.97 Å². The molecule has 0 bridgehead atoms. The minimum atomic E-state index is -0.282. The molecule has 3 nitrogen and oxygen atoms in total. The second kappa shape index (κ2) is 7.01. The fourth-order valence-electron chi connectivity index (χ4n) is 1.17. The van der Waals surface area contributed by atoms with Crippen LogP contribution in [0.4, 0.5) is 0 Å². The van der Waals surface area contributed by atoms with Gasteiger partial charge in [0.15, 0.2) is 0 Å². The molecule has 0 heterocycles. The molecule has 92 valence electrons. The van der Waals surface area contributed by atoms with Crippen LogP contribution in [0.1, 0.15) is 6.92 Å². The smallest absolute Gasteiger partial charge is 0.346 e. The molecule has 0 fully saturated rings. The highest BCUT2D eigenvalue weighted by Gasteiger charge is 2.12. The standard InChI is InChI=1S/C13H17NO2S/c1-4-16-13(15)12(10-14(2)3)17-11-8-6-5-7-9-11/h5-10H,4H2,1-3H3/b12-10+. The first-order chi connectivity index (χ1) is 8.13. The predicted molar refractivity (Wildman–Crippen MR) is 70.7 cm³/mol. The summed E-state index contributed by atoms with van der Waals surface area (Å²) in [7, 11) is 3.76. The van der Waals surface area contributed by atoms with Crippen LogP contribution in [-0.2, 0) is 9.53 Å². The van der Waals surface area contributed by atoms with Gasteiger partial charge in [-0.3, -0.25) is 0 Å². The van der Waals surface area contributed by atoms with Crippen molar-refractivity contribution < 1.29 is 9.53 Å². The van der Waals surface area contributed by atoms with E-state index in [0.717, 1.165) is 4.90 Å². The predicted octanol–water partition coefficient (Wildman–Crippen LogP) is 2.74. The summed E-state index contributed by atoms with van der Waals surface area (Å²) in [5.41, 5.74) is 0. The van der Waals surface area contributed by atoms with Gasteiger partial charge in [0.2, 0.25) is 0 Å². The molecule has 1 aromatic rings. The van der Waals surface area contributed by atoms with Crippen LogP contribution in [0, 0.1) is 0 Å². The fourth-order valence-corrected chi connectivity index (χ4v) is 2.13. The Morgan fingerprint density at radius 3 is 2.53 bits per heavy atom. The normalized spacial score (nSPS) is 11.1. The SMILES string of the molecule is CCOC(=O)/C(=C\N(C)C)Sc1ccccc1. The van der Waals surface area contributed by atoms with Crippen molar-refractivity contribution in [1.82, 2.24) is 4.90 Å². The molecule has 0 aromatic heterocycles. The highest BCUT2D eigenvalue weighted by molar-refractivity contribution is 8.04. The number of ether oxygens (including phenoxy) is 1. The van der Waals surface area contributed by atoms with Crippen LogP contribution in [0.15, 0.2) is 46.3 Å². The topological polar surface area (TPSA) is 29.5 Å².